The number of imidazole rings is 1. The van der Waals surface area contributed by atoms with E-state index >= 15 is 0 Å². The Morgan fingerprint density at radius 3 is 2.81 bits per heavy atom. The molecule has 0 aromatic carbocycles. The molecule has 1 unspecified atom stereocenters. The molecule has 1 aliphatic rings. The molecule has 1 fully saturated rings. The van der Waals surface area contributed by atoms with E-state index in [1.165, 1.54) is 0 Å². The number of hydrogen-bond donors (Lipinski definition) is 1. The van der Waals surface area contributed by atoms with Crippen LogP contribution in [0.25, 0.3) is 11.2 Å². The van der Waals surface area contributed by atoms with E-state index in [2.05, 4.69) is 15.4 Å². The van der Waals surface area contributed by atoms with Crippen LogP contribution in [0, 0.1) is 0 Å². The zero-order valence-corrected chi connectivity index (χ0v) is 13.3. The molecule has 0 radical (unpaired) electrons. The summed E-state index contributed by atoms with van der Waals surface area (Å²) in [6, 6.07) is 0.000565. The molecule has 1 N–H and O–H groups in total. The van der Waals surface area contributed by atoms with Crippen LogP contribution in [0.1, 0.15) is 44.2 Å². The maximum absolute atomic E-state index is 12.4. The summed E-state index contributed by atoms with van der Waals surface area (Å²) in [6.45, 7) is 3.93. The van der Waals surface area contributed by atoms with Crippen molar-refractivity contribution in [1.29, 1.82) is 0 Å². The molecule has 1 saturated carbocycles. The van der Waals surface area contributed by atoms with Crippen molar-refractivity contribution in [3.63, 3.8) is 0 Å². The summed E-state index contributed by atoms with van der Waals surface area (Å²) < 4.78 is 3.70. The minimum Gasteiger partial charge on any atom is -0.352 e. The topological polar surface area (TPSA) is 64.7 Å². The van der Waals surface area contributed by atoms with Gasteiger partial charge in [-0.25, -0.2) is 4.98 Å². The van der Waals surface area contributed by atoms with Gasteiger partial charge in [0, 0.05) is 13.1 Å². The smallest absolute Gasteiger partial charge is 0.243 e. The lowest BCUT2D eigenvalue weighted by Gasteiger charge is -2.16. The number of fused-ring (bicyclic) bond motifs is 1. The fourth-order valence-electron chi connectivity index (χ4n) is 2.65. The summed E-state index contributed by atoms with van der Waals surface area (Å²) in [5, 5.41) is 7.52. The molecule has 0 bridgehead atoms. The number of hydrogen-bond acceptors (Lipinski definition) is 3. The molecule has 6 nitrogen and oxygen atoms in total. The van der Waals surface area contributed by atoms with Crippen molar-refractivity contribution in [3.05, 3.63) is 11.5 Å². The largest absolute Gasteiger partial charge is 0.352 e. The second-order valence-electron chi connectivity index (χ2n) is 5.59. The first-order valence-electron chi connectivity index (χ1n) is 7.35. The van der Waals surface area contributed by atoms with E-state index in [1.807, 2.05) is 25.5 Å². The fraction of sp³-hybridized carbons (Fsp3) is 0.643. The van der Waals surface area contributed by atoms with E-state index in [1.54, 1.807) is 4.68 Å². The zero-order chi connectivity index (χ0) is 15.1. The number of halogens is 1. The lowest BCUT2D eigenvalue weighted by Crippen LogP contribution is -2.33. The van der Waals surface area contributed by atoms with E-state index in [9.17, 15) is 4.79 Å². The molecule has 2 aromatic rings. The van der Waals surface area contributed by atoms with E-state index in [0.29, 0.717) is 11.9 Å². The Morgan fingerprint density at radius 1 is 1.52 bits per heavy atom. The minimum absolute atomic E-state index is 0.0161. The quantitative estimate of drug-likeness (QED) is 0.858. The van der Waals surface area contributed by atoms with Crippen LogP contribution in [0.3, 0.4) is 0 Å². The number of nitrogens with zero attached hydrogens (tertiary/aromatic N) is 4. The third-order valence-electron chi connectivity index (χ3n) is 3.95. The Kier molecular flexibility index (Phi) is 3.65. The Hall–Kier alpha value is -1.56. The number of alkyl halides is 1. The zero-order valence-electron chi connectivity index (χ0n) is 12.6. The van der Waals surface area contributed by atoms with Crippen molar-refractivity contribution in [2.45, 2.75) is 51.1 Å². The monoisotopic (exact) mass is 309 g/mol. The second-order valence-corrected chi connectivity index (χ2v) is 5.85. The number of aryl methyl sites for hydroxylation is 2. The van der Waals surface area contributed by atoms with Gasteiger partial charge in [0.25, 0.3) is 0 Å². The van der Waals surface area contributed by atoms with Gasteiger partial charge < -0.3 is 5.32 Å². The van der Waals surface area contributed by atoms with Crippen LogP contribution in [0.4, 0.5) is 0 Å². The molecule has 0 saturated heterocycles. The molecule has 0 aliphatic heterocycles. The fourth-order valence-corrected chi connectivity index (χ4v) is 2.84. The summed E-state index contributed by atoms with van der Waals surface area (Å²) in [5.74, 6) is 1.01. The molecule has 2 aromatic heterocycles. The summed E-state index contributed by atoms with van der Waals surface area (Å²) in [7, 11) is 1.88. The number of nitrogens with one attached hydrogen (secondary N) is 1. The highest BCUT2D eigenvalue weighted by atomic mass is 35.5. The van der Waals surface area contributed by atoms with E-state index in [-0.39, 0.29) is 17.8 Å². The number of carbonyl (C=O) groups excluding carboxylic acids is 1. The van der Waals surface area contributed by atoms with Gasteiger partial charge in [0.15, 0.2) is 5.65 Å². The Balaban J connectivity index is 2.06. The van der Waals surface area contributed by atoms with Crippen LogP contribution in [0.5, 0.6) is 0 Å². The van der Waals surface area contributed by atoms with Gasteiger partial charge in [-0.1, -0.05) is 6.92 Å². The van der Waals surface area contributed by atoms with Crippen molar-refractivity contribution in [1.82, 2.24) is 24.6 Å². The van der Waals surface area contributed by atoms with Gasteiger partial charge in [-0.2, -0.15) is 5.10 Å². The second kappa shape index (κ2) is 5.33. The molecule has 1 aliphatic carbocycles. The van der Waals surface area contributed by atoms with Crippen LogP contribution >= 0.6 is 11.6 Å². The molecular formula is C14H20ClN5O. The SMILES string of the molecule is CCc1nn(C)c2c1nc(CCl)n2C(C)C(=O)NC1CC1. The summed E-state index contributed by atoms with van der Waals surface area (Å²) in [5.41, 5.74) is 2.65. The predicted octanol–water partition coefficient (Wildman–Crippen LogP) is 1.91. The van der Waals surface area contributed by atoms with Crippen LogP contribution in [-0.2, 0) is 24.1 Å². The molecule has 1 amide bonds. The van der Waals surface area contributed by atoms with Crippen LogP contribution < -0.4 is 5.32 Å². The molecular weight excluding hydrogens is 290 g/mol. The van der Waals surface area contributed by atoms with Crippen molar-refractivity contribution in [2.24, 2.45) is 7.05 Å². The van der Waals surface area contributed by atoms with Crippen LogP contribution in [0.15, 0.2) is 0 Å². The Bertz CT molecular complexity index is 685. The van der Waals surface area contributed by atoms with Gasteiger partial charge in [0.2, 0.25) is 5.91 Å². The normalized spacial score (nSPS) is 16.4. The van der Waals surface area contributed by atoms with Gasteiger partial charge in [0.1, 0.15) is 17.4 Å². The van der Waals surface area contributed by atoms with E-state index in [4.69, 9.17) is 11.6 Å². The average molecular weight is 310 g/mol. The van der Waals surface area contributed by atoms with Crippen molar-refractivity contribution in [3.8, 4) is 0 Å². The minimum atomic E-state index is -0.343. The maximum atomic E-state index is 12.4. The number of amides is 1. The highest BCUT2D eigenvalue weighted by Crippen LogP contribution is 2.26. The summed E-state index contributed by atoms with van der Waals surface area (Å²) in [6.07, 6.45) is 2.95. The van der Waals surface area contributed by atoms with Crippen molar-refractivity contribution >= 4 is 28.7 Å². The predicted molar refractivity (Wildman–Crippen MR) is 81.3 cm³/mol. The molecule has 7 heteroatoms. The molecule has 21 heavy (non-hydrogen) atoms. The van der Waals surface area contributed by atoms with Gasteiger partial charge in [-0.05, 0) is 26.2 Å². The third kappa shape index (κ3) is 2.41. The summed E-state index contributed by atoms with van der Waals surface area (Å²) >= 11 is 6.03. The highest BCUT2D eigenvalue weighted by molar-refractivity contribution is 6.16. The average Bonchev–Trinajstić information content (AvgIpc) is 3.11. The lowest BCUT2D eigenvalue weighted by molar-refractivity contribution is -0.124. The molecule has 3 rings (SSSR count). The van der Waals surface area contributed by atoms with E-state index in [0.717, 1.165) is 36.1 Å². The van der Waals surface area contributed by atoms with Gasteiger partial charge in [0.05, 0.1) is 11.6 Å². The molecule has 2 heterocycles. The highest BCUT2D eigenvalue weighted by Gasteiger charge is 2.29. The first kappa shape index (κ1) is 14.4. The maximum Gasteiger partial charge on any atom is 0.243 e. The third-order valence-corrected chi connectivity index (χ3v) is 4.19. The first-order valence-corrected chi connectivity index (χ1v) is 7.89. The molecule has 114 valence electrons. The van der Waals surface area contributed by atoms with Crippen molar-refractivity contribution < 1.29 is 4.79 Å². The van der Waals surface area contributed by atoms with Gasteiger partial charge >= 0.3 is 0 Å². The van der Waals surface area contributed by atoms with Gasteiger partial charge in [-0.15, -0.1) is 11.6 Å². The first-order chi connectivity index (χ1) is 10.1. The van der Waals surface area contributed by atoms with Gasteiger partial charge in [-0.3, -0.25) is 14.0 Å². The molecule has 0 spiro atoms. The van der Waals surface area contributed by atoms with E-state index < -0.39 is 0 Å². The van der Waals surface area contributed by atoms with Crippen LogP contribution in [0.2, 0.25) is 0 Å². The lowest BCUT2D eigenvalue weighted by atomic mass is 10.3. The molecule has 1 atom stereocenters. The Morgan fingerprint density at radius 2 is 2.24 bits per heavy atom. The Labute approximate surface area is 128 Å². The number of aromatic nitrogens is 4. The standard InChI is InChI=1S/C14H20ClN5O/c1-4-10-12-14(19(3)18-10)20(11(7-15)17-12)8(2)13(21)16-9-5-6-9/h8-9H,4-7H2,1-3H3,(H,16,21). The summed E-state index contributed by atoms with van der Waals surface area (Å²) in [4.78, 5) is 16.9. The van der Waals surface area contributed by atoms with Crippen LogP contribution in [-0.4, -0.2) is 31.3 Å². The number of rotatable bonds is 5. The van der Waals surface area contributed by atoms with Crippen molar-refractivity contribution in [2.75, 3.05) is 0 Å². The number of carbonyl (C=O) groups is 1.